The van der Waals surface area contributed by atoms with Crippen LogP contribution in [-0.2, 0) is 4.79 Å². The quantitative estimate of drug-likeness (QED) is 0.526. The molecular formula is C25H31ClN4O2. The van der Waals surface area contributed by atoms with Crippen LogP contribution >= 0.6 is 11.6 Å². The Morgan fingerprint density at radius 1 is 1.19 bits per heavy atom. The first-order valence-electron chi connectivity index (χ1n) is 11.3. The van der Waals surface area contributed by atoms with Gasteiger partial charge < -0.3 is 10.0 Å². The number of hydrogen-bond donors (Lipinski definition) is 1. The molecule has 2 aromatic heterocycles. The summed E-state index contributed by atoms with van der Waals surface area (Å²) in [4.78, 5) is 19.5. The smallest absolute Gasteiger partial charge is 0.311 e. The van der Waals surface area contributed by atoms with Gasteiger partial charge in [0.15, 0.2) is 5.65 Å². The van der Waals surface area contributed by atoms with Crippen LogP contribution in [0.15, 0.2) is 30.3 Å². The summed E-state index contributed by atoms with van der Waals surface area (Å²) in [5.74, 6) is 0.512. The van der Waals surface area contributed by atoms with Gasteiger partial charge in [-0.1, -0.05) is 51.4 Å². The molecule has 1 aromatic carbocycles. The van der Waals surface area contributed by atoms with E-state index in [1.807, 2.05) is 55.6 Å². The minimum Gasteiger partial charge on any atom is -0.481 e. The topological polar surface area (TPSA) is 70.7 Å². The second-order valence-corrected chi connectivity index (χ2v) is 9.97. The summed E-state index contributed by atoms with van der Waals surface area (Å²) in [6.07, 6.45) is 1.52. The van der Waals surface area contributed by atoms with Crippen LogP contribution in [0.3, 0.4) is 0 Å². The fourth-order valence-corrected chi connectivity index (χ4v) is 5.14. The van der Waals surface area contributed by atoms with E-state index in [0.29, 0.717) is 18.0 Å². The highest BCUT2D eigenvalue weighted by molar-refractivity contribution is 6.30. The molecule has 7 heteroatoms. The molecule has 0 spiro atoms. The van der Waals surface area contributed by atoms with Gasteiger partial charge >= 0.3 is 5.97 Å². The van der Waals surface area contributed by atoms with Crippen LogP contribution in [-0.4, -0.2) is 38.8 Å². The molecule has 0 radical (unpaired) electrons. The molecule has 0 unspecified atom stereocenters. The number of carboxylic acids is 1. The molecule has 1 saturated heterocycles. The van der Waals surface area contributed by atoms with Crippen molar-refractivity contribution < 1.29 is 9.90 Å². The molecule has 3 heterocycles. The Hall–Kier alpha value is -2.60. The first-order valence-corrected chi connectivity index (χ1v) is 11.7. The van der Waals surface area contributed by atoms with Crippen molar-refractivity contribution in [2.75, 3.05) is 18.0 Å². The third-order valence-electron chi connectivity index (χ3n) is 6.88. The lowest BCUT2D eigenvalue weighted by Gasteiger charge is -2.44. The molecule has 1 fully saturated rings. The van der Waals surface area contributed by atoms with Crippen LogP contribution in [0.5, 0.6) is 0 Å². The second-order valence-electron chi connectivity index (χ2n) is 9.54. The molecule has 1 aliphatic rings. The normalized spacial score (nSPS) is 19.3. The molecule has 0 saturated carbocycles. The zero-order valence-corrected chi connectivity index (χ0v) is 20.1. The van der Waals surface area contributed by atoms with Gasteiger partial charge in [-0.15, -0.1) is 0 Å². The van der Waals surface area contributed by atoms with Crippen molar-refractivity contribution in [3.63, 3.8) is 0 Å². The van der Waals surface area contributed by atoms with Crippen molar-refractivity contribution in [1.82, 2.24) is 14.6 Å². The maximum atomic E-state index is 12.4. The summed E-state index contributed by atoms with van der Waals surface area (Å²) in [5.41, 5.74) is 3.86. The summed E-state index contributed by atoms with van der Waals surface area (Å²) >= 11 is 6.07. The summed E-state index contributed by atoms with van der Waals surface area (Å²) in [6, 6.07) is 9.61. The van der Waals surface area contributed by atoms with E-state index in [1.165, 1.54) is 0 Å². The lowest BCUT2D eigenvalue weighted by Crippen LogP contribution is -2.51. The average molecular weight is 455 g/mol. The Labute approximate surface area is 194 Å². The van der Waals surface area contributed by atoms with Gasteiger partial charge in [0.2, 0.25) is 0 Å². The molecule has 0 amide bonds. The molecule has 170 valence electrons. The number of fused-ring (bicyclic) bond motifs is 1. The zero-order chi connectivity index (χ0) is 23.2. The number of aryl methyl sites for hydroxylation is 1. The highest BCUT2D eigenvalue weighted by Gasteiger charge is 2.46. The number of carboxylic acid groups (broad SMARTS) is 1. The van der Waals surface area contributed by atoms with Crippen molar-refractivity contribution in [2.24, 2.45) is 11.3 Å². The highest BCUT2D eigenvalue weighted by atomic mass is 35.5. The Kier molecular flexibility index (Phi) is 5.93. The predicted octanol–water partition coefficient (Wildman–Crippen LogP) is 5.81. The summed E-state index contributed by atoms with van der Waals surface area (Å²) in [7, 11) is 0. The lowest BCUT2D eigenvalue weighted by molar-refractivity contribution is -0.152. The van der Waals surface area contributed by atoms with E-state index in [4.69, 9.17) is 21.7 Å². The van der Waals surface area contributed by atoms with E-state index in [2.05, 4.69) is 18.7 Å². The molecule has 1 aliphatic heterocycles. The number of carbonyl (C=O) groups is 1. The number of aromatic nitrogens is 3. The predicted molar refractivity (Wildman–Crippen MR) is 129 cm³/mol. The highest BCUT2D eigenvalue weighted by Crippen LogP contribution is 2.41. The minimum atomic E-state index is -0.776. The third kappa shape index (κ3) is 3.75. The molecule has 32 heavy (non-hydrogen) atoms. The van der Waals surface area contributed by atoms with Crippen LogP contribution in [0.25, 0.3) is 16.9 Å². The number of aliphatic carboxylic acids is 1. The van der Waals surface area contributed by atoms with E-state index < -0.39 is 11.4 Å². The molecule has 1 atom stereocenters. The maximum absolute atomic E-state index is 12.4. The van der Waals surface area contributed by atoms with E-state index in [9.17, 15) is 9.90 Å². The van der Waals surface area contributed by atoms with Gasteiger partial charge in [0.1, 0.15) is 5.82 Å². The number of benzene rings is 1. The number of halogens is 1. The van der Waals surface area contributed by atoms with Gasteiger partial charge in [-0.25, -0.2) is 4.98 Å². The molecule has 3 aromatic rings. The second kappa shape index (κ2) is 8.39. The van der Waals surface area contributed by atoms with Gasteiger partial charge in [-0.2, -0.15) is 9.61 Å². The molecular weight excluding hydrogens is 424 g/mol. The zero-order valence-electron chi connectivity index (χ0n) is 19.4. The fraction of sp³-hybridized carbons (Fsp3) is 0.480. The van der Waals surface area contributed by atoms with Crippen LogP contribution in [0.1, 0.15) is 57.7 Å². The Bertz CT molecular complexity index is 1150. The van der Waals surface area contributed by atoms with E-state index in [-0.39, 0.29) is 11.8 Å². The van der Waals surface area contributed by atoms with Gasteiger partial charge in [-0.05, 0) is 43.7 Å². The Morgan fingerprint density at radius 3 is 2.47 bits per heavy atom. The van der Waals surface area contributed by atoms with E-state index in [1.54, 1.807) is 0 Å². The van der Waals surface area contributed by atoms with Crippen molar-refractivity contribution in [2.45, 2.75) is 53.4 Å². The van der Waals surface area contributed by atoms with Crippen molar-refractivity contribution in [1.29, 1.82) is 0 Å². The standard InChI is InChI=1S/C25H31ClN4O2/c1-15(2)22-17(5)27-21-13-20(18-7-9-19(26)10-8-18)28-30(21)23(22)29-12-6-11-25(14-29,16(3)4)24(31)32/h7-10,13,15-16H,6,11-12,14H2,1-5H3,(H,31,32)/t25-/m1/s1. The van der Waals surface area contributed by atoms with Gasteiger partial charge in [0.25, 0.3) is 0 Å². The van der Waals surface area contributed by atoms with Crippen molar-refractivity contribution in [3.8, 4) is 11.3 Å². The lowest BCUT2D eigenvalue weighted by atomic mass is 9.71. The number of rotatable bonds is 5. The number of hydrogen-bond acceptors (Lipinski definition) is 4. The van der Waals surface area contributed by atoms with Gasteiger partial charge in [0, 0.05) is 41.0 Å². The van der Waals surface area contributed by atoms with Crippen molar-refractivity contribution >= 4 is 29.0 Å². The van der Waals surface area contributed by atoms with Crippen molar-refractivity contribution in [3.05, 3.63) is 46.6 Å². The molecule has 1 N–H and O–H groups in total. The van der Waals surface area contributed by atoms with E-state index in [0.717, 1.165) is 46.9 Å². The first-order chi connectivity index (χ1) is 15.1. The largest absolute Gasteiger partial charge is 0.481 e. The number of nitrogens with zero attached hydrogens (tertiary/aromatic N) is 4. The minimum absolute atomic E-state index is 0.0333. The first kappa shape index (κ1) is 22.6. The van der Waals surface area contributed by atoms with E-state index >= 15 is 0 Å². The number of piperidine rings is 1. The van der Waals surface area contributed by atoms with Crippen LogP contribution in [0.2, 0.25) is 5.02 Å². The average Bonchev–Trinajstić information content (AvgIpc) is 3.16. The number of anilines is 1. The summed E-state index contributed by atoms with van der Waals surface area (Å²) in [6.45, 7) is 11.6. The fourth-order valence-electron chi connectivity index (χ4n) is 5.01. The SMILES string of the molecule is Cc1nc2cc(-c3ccc(Cl)cc3)nn2c(N2CCC[C@](C(=O)O)(C(C)C)C2)c1C(C)C. The third-order valence-corrected chi connectivity index (χ3v) is 7.13. The van der Waals surface area contributed by atoms with Gasteiger partial charge in [-0.3, -0.25) is 4.79 Å². The molecule has 0 aliphatic carbocycles. The Balaban J connectivity index is 1.91. The Morgan fingerprint density at radius 2 is 1.88 bits per heavy atom. The maximum Gasteiger partial charge on any atom is 0.311 e. The van der Waals surface area contributed by atoms with Gasteiger partial charge in [0.05, 0.1) is 11.1 Å². The van der Waals surface area contributed by atoms with Crippen LogP contribution in [0.4, 0.5) is 5.82 Å². The summed E-state index contributed by atoms with van der Waals surface area (Å²) < 4.78 is 1.91. The molecule has 6 nitrogen and oxygen atoms in total. The molecule has 0 bridgehead atoms. The van der Waals surface area contributed by atoms with Crippen LogP contribution in [0, 0.1) is 18.3 Å². The summed E-state index contributed by atoms with van der Waals surface area (Å²) in [5, 5.41) is 15.8. The molecule has 4 rings (SSSR count). The monoisotopic (exact) mass is 454 g/mol. The van der Waals surface area contributed by atoms with Crippen LogP contribution < -0.4 is 4.90 Å².